The predicted octanol–water partition coefficient (Wildman–Crippen LogP) is 3.15. The minimum absolute atomic E-state index is 0.0224. The van der Waals surface area contributed by atoms with Gasteiger partial charge in [0.15, 0.2) is 0 Å². The maximum atomic E-state index is 10.9. The van der Waals surface area contributed by atoms with Gasteiger partial charge in [0.05, 0.1) is 10.6 Å². The lowest BCUT2D eigenvalue weighted by atomic mass is 10.3. The molecule has 0 atom stereocenters. The highest BCUT2D eigenvalue weighted by molar-refractivity contribution is 7.08. The van der Waals surface area contributed by atoms with Gasteiger partial charge in [0.2, 0.25) is 11.1 Å². The number of hydrogen-bond acceptors (Lipinski definition) is 6. The zero-order valence-electron chi connectivity index (χ0n) is 8.68. The normalized spacial score (nSPS) is 10.2. The molecule has 0 aliphatic rings. The average molecular weight is 271 g/mol. The van der Waals surface area contributed by atoms with Gasteiger partial charge in [-0.1, -0.05) is 0 Å². The number of halogens is 1. The number of hydrogen-bond donors (Lipinski definition) is 1. The molecule has 0 aromatic carbocycles. The van der Waals surface area contributed by atoms with Gasteiger partial charge >= 0.3 is 5.69 Å². The fourth-order valence-corrected chi connectivity index (χ4v) is 2.11. The van der Waals surface area contributed by atoms with Gasteiger partial charge in [0.1, 0.15) is 5.69 Å². The Kier molecular flexibility index (Phi) is 3.21. The van der Waals surface area contributed by atoms with E-state index >= 15 is 0 Å². The van der Waals surface area contributed by atoms with Crippen molar-refractivity contribution in [3.63, 3.8) is 0 Å². The molecule has 0 aliphatic carbocycles. The molecule has 0 saturated heterocycles. The Balaban J connectivity index is 2.47. The second-order valence-electron chi connectivity index (χ2n) is 3.17. The van der Waals surface area contributed by atoms with Gasteiger partial charge in [-0.3, -0.25) is 10.1 Å². The standard InChI is InChI=1S/C9H7ClN4O2S/c1-5-7(14(15)16)8(13-9(10)11-5)12-6-2-3-17-4-6/h2-4H,1H3,(H,11,12,13). The van der Waals surface area contributed by atoms with E-state index in [0.717, 1.165) is 5.69 Å². The summed E-state index contributed by atoms with van der Waals surface area (Å²) in [4.78, 5) is 18.0. The maximum absolute atomic E-state index is 10.9. The summed E-state index contributed by atoms with van der Waals surface area (Å²) in [6.45, 7) is 1.52. The van der Waals surface area contributed by atoms with E-state index in [0.29, 0.717) is 0 Å². The highest BCUT2D eigenvalue weighted by Crippen LogP contribution is 2.29. The molecule has 8 heteroatoms. The molecule has 0 bridgehead atoms. The molecule has 1 N–H and O–H groups in total. The molecule has 2 rings (SSSR count). The fraction of sp³-hybridized carbons (Fsp3) is 0.111. The lowest BCUT2D eigenvalue weighted by Gasteiger charge is -2.05. The number of aryl methyl sites for hydroxylation is 1. The summed E-state index contributed by atoms with van der Waals surface area (Å²) < 4.78 is 0. The van der Waals surface area contributed by atoms with Crippen LogP contribution < -0.4 is 5.32 Å². The number of rotatable bonds is 3. The summed E-state index contributed by atoms with van der Waals surface area (Å²) in [5, 5.41) is 17.4. The molecule has 2 heterocycles. The number of anilines is 2. The van der Waals surface area contributed by atoms with Crippen molar-refractivity contribution in [1.82, 2.24) is 9.97 Å². The van der Waals surface area contributed by atoms with Crippen LogP contribution >= 0.6 is 22.9 Å². The van der Waals surface area contributed by atoms with Gasteiger partial charge in [0.25, 0.3) is 0 Å². The minimum atomic E-state index is -0.527. The topological polar surface area (TPSA) is 81.0 Å². The van der Waals surface area contributed by atoms with Gasteiger partial charge in [-0.2, -0.15) is 16.3 Å². The molecule has 17 heavy (non-hydrogen) atoms. The van der Waals surface area contributed by atoms with Crippen LogP contribution in [0.15, 0.2) is 16.8 Å². The Hall–Kier alpha value is -1.73. The molecule has 88 valence electrons. The first-order valence-electron chi connectivity index (χ1n) is 4.55. The maximum Gasteiger partial charge on any atom is 0.332 e. The Bertz CT molecular complexity index is 558. The molecular formula is C9H7ClN4O2S. The van der Waals surface area contributed by atoms with Crippen molar-refractivity contribution in [2.24, 2.45) is 0 Å². The zero-order chi connectivity index (χ0) is 12.4. The first kappa shape index (κ1) is 11.7. The Morgan fingerprint density at radius 3 is 2.88 bits per heavy atom. The van der Waals surface area contributed by atoms with Crippen LogP contribution in [-0.2, 0) is 0 Å². The second-order valence-corrected chi connectivity index (χ2v) is 4.29. The molecular weight excluding hydrogens is 264 g/mol. The van der Waals surface area contributed by atoms with Crippen LogP contribution in [0, 0.1) is 17.0 Å². The van der Waals surface area contributed by atoms with Gasteiger partial charge in [0, 0.05) is 5.38 Å². The smallest absolute Gasteiger partial charge is 0.332 e. The summed E-state index contributed by atoms with van der Waals surface area (Å²) in [6.07, 6.45) is 0. The van der Waals surface area contributed by atoms with Crippen LogP contribution in [0.25, 0.3) is 0 Å². The summed E-state index contributed by atoms with van der Waals surface area (Å²) >= 11 is 7.16. The van der Waals surface area contributed by atoms with E-state index in [1.807, 2.05) is 10.8 Å². The van der Waals surface area contributed by atoms with Crippen molar-refractivity contribution in [2.75, 3.05) is 5.32 Å². The third-order valence-corrected chi connectivity index (χ3v) is 2.85. The Morgan fingerprint density at radius 1 is 1.53 bits per heavy atom. The summed E-state index contributed by atoms with van der Waals surface area (Å²) in [6, 6.07) is 1.79. The van der Waals surface area contributed by atoms with E-state index in [9.17, 15) is 10.1 Å². The van der Waals surface area contributed by atoms with Crippen molar-refractivity contribution in [1.29, 1.82) is 0 Å². The fourth-order valence-electron chi connectivity index (χ4n) is 1.31. The second kappa shape index (κ2) is 4.64. The lowest BCUT2D eigenvalue weighted by Crippen LogP contribution is -2.03. The highest BCUT2D eigenvalue weighted by atomic mass is 35.5. The number of aromatic nitrogens is 2. The molecule has 0 aliphatic heterocycles. The third-order valence-electron chi connectivity index (χ3n) is 2.00. The van der Waals surface area contributed by atoms with Crippen LogP contribution in [0.5, 0.6) is 0 Å². The monoisotopic (exact) mass is 270 g/mol. The van der Waals surface area contributed by atoms with Gasteiger partial charge < -0.3 is 5.32 Å². The van der Waals surface area contributed by atoms with Crippen LogP contribution in [-0.4, -0.2) is 14.9 Å². The molecule has 2 aromatic heterocycles. The Morgan fingerprint density at radius 2 is 2.29 bits per heavy atom. The Labute approximate surface area is 105 Å². The van der Waals surface area contributed by atoms with Crippen molar-refractivity contribution < 1.29 is 4.92 Å². The molecule has 0 radical (unpaired) electrons. The molecule has 0 unspecified atom stereocenters. The van der Waals surface area contributed by atoms with E-state index < -0.39 is 4.92 Å². The molecule has 0 amide bonds. The molecule has 6 nitrogen and oxygen atoms in total. The van der Waals surface area contributed by atoms with Crippen LogP contribution in [0.2, 0.25) is 5.28 Å². The van der Waals surface area contributed by atoms with Crippen molar-refractivity contribution in [3.8, 4) is 0 Å². The van der Waals surface area contributed by atoms with E-state index in [4.69, 9.17) is 11.6 Å². The van der Waals surface area contributed by atoms with Crippen LogP contribution in [0.1, 0.15) is 5.69 Å². The highest BCUT2D eigenvalue weighted by Gasteiger charge is 2.21. The molecule has 0 saturated carbocycles. The quantitative estimate of drug-likeness (QED) is 0.526. The van der Waals surface area contributed by atoms with Crippen LogP contribution in [0.3, 0.4) is 0 Å². The third kappa shape index (κ3) is 2.51. The summed E-state index contributed by atoms with van der Waals surface area (Å²) in [5.41, 5.74) is 0.792. The van der Waals surface area contributed by atoms with Crippen molar-refractivity contribution in [3.05, 3.63) is 37.9 Å². The number of nitrogens with zero attached hydrogens (tertiary/aromatic N) is 3. The van der Waals surface area contributed by atoms with E-state index in [-0.39, 0.29) is 22.5 Å². The zero-order valence-corrected chi connectivity index (χ0v) is 10.2. The average Bonchev–Trinajstić information content (AvgIpc) is 2.68. The van der Waals surface area contributed by atoms with Crippen molar-refractivity contribution >= 4 is 40.1 Å². The van der Waals surface area contributed by atoms with E-state index in [1.54, 1.807) is 6.07 Å². The first-order valence-corrected chi connectivity index (χ1v) is 5.88. The SMILES string of the molecule is Cc1nc(Cl)nc(Nc2ccsc2)c1[N+](=O)[O-]. The predicted molar refractivity (Wildman–Crippen MR) is 66.0 cm³/mol. The van der Waals surface area contributed by atoms with Gasteiger partial charge in [-0.15, -0.1) is 0 Å². The molecule has 0 fully saturated rings. The van der Waals surface area contributed by atoms with Crippen molar-refractivity contribution in [2.45, 2.75) is 6.92 Å². The lowest BCUT2D eigenvalue weighted by molar-refractivity contribution is -0.385. The number of thiophene rings is 1. The molecule has 0 spiro atoms. The van der Waals surface area contributed by atoms with E-state index in [2.05, 4.69) is 15.3 Å². The largest absolute Gasteiger partial charge is 0.334 e. The van der Waals surface area contributed by atoms with Crippen LogP contribution in [0.4, 0.5) is 17.2 Å². The van der Waals surface area contributed by atoms with E-state index in [1.165, 1.54) is 18.3 Å². The number of nitro groups is 1. The minimum Gasteiger partial charge on any atom is -0.334 e. The number of nitrogens with one attached hydrogen (secondary N) is 1. The van der Waals surface area contributed by atoms with Gasteiger partial charge in [-0.05, 0) is 30.0 Å². The van der Waals surface area contributed by atoms with Gasteiger partial charge in [-0.25, -0.2) is 4.98 Å². The molecule has 2 aromatic rings. The summed E-state index contributed by atoms with van der Waals surface area (Å²) in [5.74, 6) is 0.103. The first-order chi connectivity index (χ1) is 8.08. The summed E-state index contributed by atoms with van der Waals surface area (Å²) in [7, 11) is 0.